The van der Waals surface area contributed by atoms with Crippen LogP contribution in [0.5, 0.6) is 5.75 Å². The average Bonchev–Trinajstić information content (AvgIpc) is 2.61. The maximum absolute atomic E-state index is 11.6. The topological polar surface area (TPSA) is 79.8 Å². The van der Waals surface area contributed by atoms with Crippen LogP contribution < -0.4 is 15.5 Å². The second-order valence-corrected chi connectivity index (χ2v) is 5.10. The van der Waals surface area contributed by atoms with E-state index < -0.39 is 11.8 Å². The van der Waals surface area contributed by atoms with E-state index in [1.165, 1.54) is 6.21 Å². The van der Waals surface area contributed by atoms with Gasteiger partial charge in [-0.05, 0) is 18.2 Å². The van der Waals surface area contributed by atoms with Crippen molar-refractivity contribution >= 4 is 29.6 Å². The second-order valence-electron chi connectivity index (χ2n) is 4.69. The normalized spacial score (nSPS) is 10.4. The molecule has 0 aliphatic rings. The monoisotopic (exact) mass is 345 g/mol. The Kier molecular flexibility index (Phi) is 6.79. The number of hydrogen-bond donors (Lipinski definition) is 2. The highest BCUT2D eigenvalue weighted by Crippen LogP contribution is 2.12. The largest absolute Gasteiger partial charge is 0.484 e. The van der Waals surface area contributed by atoms with Gasteiger partial charge in [-0.15, -0.1) is 0 Å². The van der Waals surface area contributed by atoms with Gasteiger partial charge in [-0.25, -0.2) is 5.43 Å². The number of carbonyl (C=O) groups excluding carboxylic acids is 2. The van der Waals surface area contributed by atoms with Crippen molar-refractivity contribution in [2.75, 3.05) is 13.2 Å². The summed E-state index contributed by atoms with van der Waals surface area (Å²) in [5, 5.41) is 6.75. The molecule has 124 valence electrons. The summed E-state index contributed by atoms with van der Waals surface area (Å²) in [6, 6.07) is 16.0. The van der Waals surface area contributed by atoms with E-state index in [0.717, 1.165) is 0 Å². The lowest BCUT2D eigenvalue weighted by atomic mass is 10.2. The van der Waals surface area contributed by atoms with Crippen molar-refractivity contribution in [3.05, 3.63) is 65.2 Å². The minimum Gasteiger partial charge on any atom is -0.484 e. The van der Waals surface area contributed by atoms with Gasteiger partial charge in [0.1, 0.15) is 5.75 Å². The Bertz CT molecular complexity index is 720. The van der Waals surface area contributed by atoms with E-state index in [9.17, 15) is 9.59 Å². The zero-order valence-electron chi connectivity index (χ0n) is 12.7. The van der Waals surface area contributed by atoms with Crippen LogP contribution in [0.3, 0.4) is 0 Å². The van der Waals surface area contributed by atoms with E-state index in [1.54, 1.807) is 42.5 Å². The van der Waals surface area contributed by atoms with Crippen LogP contribution in [0.4, 0.5) is 0 Å². The lowest BCUT2D eigenvalue weighted by molar-refractivity contribution is -0.127. The highest BCUT2D eigenvalue weighted by molar-refractivity contribution is 6.33. The summed E-state index contributed by atoms with van der Waals surface area (Å²) in [4.78, 5) is 23.2. The third kappa shape index (κ3) is 6.10. The Morgan fingerprint density at radius 3 is 2.50 bits per heavy atom. The summed E-state index contributed by atoms with van der Waals surface area (Å²) in [5.41, 5.74) is 2.98. The fraction of sp³-hybridized carbons (Fsp3) is 0.118. The molecule has 0 fully saturated rings. The van der Waals surface area contributed by atoms with Gasteiger partial charge in [0.25, 0.3) is 11.8 Å². The minimum absolute atomic E-state index is 0.166. The molecule has 24 heavy (non-hydrogen) atoms. The number of amides is 2. The number of hydrazone groups is 1. The zero-order valence-corrected chi connectivity index (χ0v) is 13.5. The number of hydrogen-bond acceptors (Lipinski definition) is 4. The lowest BCUT2D eigenvalue weighted by Crippen LogP contribution is -2.37. The first-order valence-electron chi connectivity index (χ1n) is 7.16. The van der Waals surface area contributed by atoms with E-state index >= 15 is 0 Å². The third-order valence-electron chi connectivity index (χ3n) is 2.86. The van der Waals surface area contributed by atoms with Gasteiger partial charge in [-0.3, -0.25) is 9.59 Å². The maximum Gasteiger partial charge on any atom is 0.259 e. The van der Waals surface area contributed by atoms with Gasteiger partial charge in [0.05, 0.1) is 12.8 Å². The van der Waals surface area contributed by atoms with Crippen molar-refractivity contribution in [3.8, 4) is 5.75 Å². The molecule has 6 nitrogen and oxygen atoms in total. The molecule has 7 heteroatoms. The molecule has 0 bridgehead atoms. The van der Waals surface area contributed by atoms with Crippen LogP contribution in [0, 0.1) is 0 Å². The van der Waals surface area contributed by atoms with E-state index in [0.29, 0.717) is 16.3 Å². The number of ether oxygens (including phenoxy) is 1. The Morgan fingerprint density at radius 1 is 1.04 bits per heavy atom. The molecule has 0 heterocycles. The van der Waals surface area contributed by atoms with E-state index in [1.807, 2.05) is 12.1 Å². The molecule has 0 radical (unpaired) electrons. The Hall–Kier alpha value is -2.86. The van der Waals surface area contributed by atoms with Crippen molar-refractivity contribution in [2.24, 2.45) is 5.10 Å². The summed E-state index contributed by atoms with van der Waals surface area (Å²) >= 11 is 5.95. The number of halogens is 1. The maximum atomic E-state index is 11.6. The number of benzene rings is 2. The van der Waals surface area contributed by atoms with Crippen molar-refractivity contribution in [2.45, 2.75) is 0 Å². The third-order valence-corrected chi connectivity index (χ3v) is 3.20. The van der Waals surface area contributed by atoms with Crippen molar-refractivity contribution in [3.63, 3.8) is 0 Å². The molecule has 2 aromatic carbocycles. The van der Waals surface area contributed by atoms with Gasteiger partial charge in [-0.1, -0.05) is 48.0 Å². The zero-order chi connectivity index (χ0) is 17.2. The Morgan fingerprint density at radius 2 is 1.75 bits per heavy atom. The first-order chi connectivity index (χ1) is 11.6. The van der Waals surface area contributed by atoms with Crippen LogP contribution in [0.25, 0.3) is 0 Å². The number of nitrogens with zero attached hydrogens (tertiary/aromatic N) is 1. The van der Waals surface area contributed by atoms with Crippen molar-refractivity contribution in [1.29, 1.82) is 0 Å². The number of rotatable bonds is 7. The van der Waals surface area contributed by atoms with Gasteiger partial charge in [0, 0.05) is 10.6 Å². The molecular formula is C17H16ClN3O3. The van der Waals surface area contributed by atoms with Crippen LogP contribution in [-0.4, -0.2) is 31.2 Å². The highest BCUT2D eigenvalue weighted by atomic mass is 35.5. The predicted octanol–water partition coefficient (Wildman–Crippen LogP) is 1.99. The predicted molar refractivity (Wildman–Crippen MR) is 92.1 cm³/mol. The van der Waals surface area contributed by atoms with E-state index in [-0.39, 0.29) is 13.2 Å². The van der Waals surface area contributed by atoms with Crippen LogP contribution >= 0.6 is 11.6 Å². The molecule has 0 saturated carbocycles. The van der Waals surface area contributed by atoms with Crippen LogP contribution in [0.2, 0.25) is 5.02 Å². The summed E-state index contributed by atoms with van der Waals surface area (Å²) in [5.74, 6) is -0.267. The summed E-state index contributed by atoms with van der Waals surface area (Å²) < 4.78 is 5.26. The summed E-state index contributed by atoms with van der Waals surface area (Å²) in [6.45, 7) is -0.364. The Labute approximate surface area is 144 Å². The van der Waals surface area contributed by atoms with Crippen LogP contribution in [0.15, 0.2) is 59.7 Å². The molecule has 0 aliphatic carbocycles. The molecule has 0 aliphatic heterocycles. The van der Waals surface area contributed by atoms with Crippen LogP contribution in [0.1, 0.15) is 5.56 Å². The van der Waals surface area contributed by atoms with Crippen molar-refractivity contribution in [1.82, 2.24) is 10.7 Å². The lowest BCUT2D eigenvalue weighted by Gasteiger charge is -2.06. The van der Waals surface area contributed by atoms with Crippen LogP contribution in [-0.2, 0) is 9.59 Å². The molecular weight excluding hydrogens is 330 g/mol. The number of carbonyl (C=O) groups is 2. The first-order valence-corrected chi connectivity index (χ1v) is 7.54. The molecule has 0 unspecified atom stereocenters. The second kappa shape index (κ2) is 9.32. The summed E-state index contributed by atoms with van der Waals surface area (Å²) in [6.07, 6.45) is 1.43. The van der Waals surface area contributed by atoms with Gasteiger partial charge in [-0.2, -0.15) is 5.10 Å². The molecule has 2 rings (SSSR count). The molecule has 0 saturated heterocycles. The summed E-state index contributed by atoms with van der Waals surface area (Å²) in [7, 11) is 0. The smallest absolute Gasteiger partial charge is 0.259 e. The standard InChI is InChI=1S/C17H16ClN3O3/c18-15-9-5-4-6-13(15)10-20-21-16(22)11-19-17(23)12-24-14-7-2-1-3-8-14/h1-10H,11-12H2,(H,19,23)(H,21,22)/b20-10-. The molecule has 0 aromatic heterocycles. The fourth-order valence-corrected chi connectivity index (χ4v) is 1.87. The fourth-order valence-electron chi connectivity index (χ4n) is 1.69. The van der Waals surface area contributed by atoms with E-state index in [2.05, 4.69) is 15.8 Å². The van der Waals surface area contributed by atoms with Gasteiger partial charge < -0.3 is 10.1 Å². The van der Waals surface area contributed by atoms with Gasteiger partial charge in [0.2, 0.25) is 0 Å². The first kappa shape index (κ1) is 17.5. The number of nitrogens with one attached hydrogen (secondary N) is 2. The Balaban J connectivity index is 1.67. The molecule has 2 N–H and O–H groups in total. The van der Waals surface area contributed by atoms with Gasteiger partial charge in [0.15, 0.2) is 6.61 Å². The minimum atomic E-state index is -0.452. The number of para-hydroxylation sites is 1. The van der Waals surface area contributed by atoms with Gasteiger partial charge >= 0.3 is 0 Å². The molecule has 0 spiro atoms. The quantitative estimate of drug-likeness (QED) is 0.595. The highest BCUT2D eigenvalue weighted by Gasteiger charge is 2.05. The van der Waals surface area contributed by atoms with E-state index in [4.69, 9.17) is 16.3 Å². The SMILES string of the molecule is O=C(COc1ccccc1)NCC(=O)N/N=C\c1ccccc1Cl. The average molecular weight is 346 g/mol. The molecule has 2 amide bonds. The van der Waals surface area contributed by atoms with Crippen molar-refractivity contribution < 1.29 is 14.3 Å². The molecule has 0 atom stereocenters. The molecule has 2 aromatic rings.